The van der Waals surface area contributed by atoms with Crippen molar-refractivity contribution in [2.75, 3.05) is 7.11 Å². The Morgan fingerprint density at radius 3 is 2.70 bits per heavy atom. The van der Waals surface area contributed by atoms with Crippen LogP contribution in [0.4, 0.5) is 0 Å². The second kappa shape index (κ2) is 3.75. The van der Waals surface area contributed by atoms with E-state index >= 15 is 0 Å². The third-order valence-electron chi connectivity index (χ3n) is 1.05. The van der Waals surface area contributed by atoms with Crippen LogP contribution in [0.2, 0.25) is 0 Å². The Balaban J connectivity index is 3.07. The molecule has 53 valence electrons. The summed E-state index contributed by atoms with van der Waals surface area (Å²) in [5.74, 6) is 0.890. The smallest absolute Gasteiger partial charge is 0.132 e. The lowest BCUT2D eigenvalue weighted by molar-refractivity contribution is 0.411. The van der Waals surface area contributed by atoms with Gasteiger partial charge in [0, 0.05) is 3.57 Å². The minimum absolute atomic E-state index is 0.890. The fourth-order valence-corrected chi connectivity index (χ4v) is 2.33. The summed E-state index contributed by atoms with van der Waals surface area (Å²) in [7, 11) is 1.66. The fourth-order valence-electron chi connectivity index (χ4n) is 0.584. The van der Waals surface area contributed by atoms with E-state index in [1.54, 1.807) is 7.11 Å². The van der Waals surface area contributed by atoms with E-state index in [-0.39, 0.29) is 0 Å². The summed E-state index contributed by atoms with van der Waals surface area (Å²) >= 11 is 4.46. The largest absolute Gasteiger partial charge is 0.496 e. The van der Waals surface area contributed by atoms with Crippen LogP contribution in [0.1, 0.15) is 0 Å². The van der Waals surface area contributed by atoms with Crippen LogP contribution in [0.25, 0.3) is 0 Å². The van der Waals surface area contributed by atoms with Crippen molar-refractivity contribution >= 4 is 45.2 Å². The topological polar surface area (TPSA) is 9.23 Å². The molecule has 1 nitrogen and oxygen atoms in total. The van der Waals surface area contributed by atoms with E-state index in [1.807, 2.05) is 12.1 Å². The summed E-state index contributed by atoms with van der Waals surface area (Å²) in [6.45, 7) is 0. The Hall–Kier alpha value is 0.480. The molecule has 10 heavy (non-hydrogen) atoms. The van der Waals surface area contributed by atoms with E-state index in [9.17, 15) is 0 Å². The van der Waals surface area contributed by atoms with Gasteiger partial charge in [0.25, 0.3) is 0 Å². The van der Waals surface area contributed by atoms with Crippen LogP contribution in [0.3, 0.4) is 0 Å². The van der Waals surface area contributed by atoms with Crippen LogP contribution in [-0.2, 0) is 0 Å². The van der Waals surface area contributed by atoms with Crippen LogP contribution >= 0.6 is 45.2 Å². The number of ether oxygens (including phenoxy) is 1. The van der Waals surface area contributed by atoms with Crippen LogP contribution in [-0.4, -0.2) is 7.11 Å². The lowest BCUT2D eigenvalue weighted by Gasteiger charge is -2.01. The Morgan fingerprint density at radius 1 is 1.50 bits per heavy atom. The van der Waals surface area contributed by atoms with Crippen LogP contribution in [0.5, 0.6) is 5.75 Å². The number of hydrogen-bond acceptors (Lipinski definition) is 1. The van der Waals surface area contributed by atoms with Gasteiger partial charge in [0.1, 0.15) is 5.75 Å². The van der Waals surface area contributed by atoms with E-state index in [0.29, 0.717) is 0 Å². The zero-order chi connectivity index (χ0) is 7.56. The van der Waals surface area contributed by atoms with Crippen molar-refractivity contribution in [3.05, 3.63) is 25.3 Å². The van der Waals surface area contributed by atoms with Gasteiger partial charge in [-0.1, -0.05) is 0 Å². The molecule has 0 heterocycles. The first-order chi connectivity index (χ1) is 4.74. The van der Waals surface area contributed by atoms with Crippen molar-refractivity contribution in [2.45, 2.75) is 0 Å². The third kappa shape index (κ3) is 1.98. The lowest BCUT2D eigenvalue weighted by atomic mass is 10.3. The van der Waals surface area contributed by atoms with E-state index in [0.717, 1.165) is 12.9 Å². The highest BCUT2D eigenvalue weighted by Crippen LogP contribution is 2.21. The van der Waals surface area contributed by atoms with Gasteiger partial charge in [-0.15, -0.1) is 0 Å². The molecular weight excluding hydrogens is 354 g/mol. The van der Waals surface area contributed by atoms with Gasteiger partial charge in [-0.3, -0.25) is 0 Å². The fraction of sp³-hybridized carbons (Fsp3) is 0.143. The predicted octanol–water partition coefficient (Wildman–Crippen LogP) is 2.70. The van der Waals surface area contributed by atoms with Crippen molar-refractivity contribution in [2.24, 2.45) is 0 Å². The molecule has 1 aromatic rings. The molecule has 1 aromatic carbocycles. The number of halogens is 2. The standard InChI is InChI=1S/C7H5I2O/c1-10-7-3-2-5(8)4-6(7)9/h3-4H,1H3. The number of benzene rings is 1. The maximum Gasteiger partial charge on any atom is 0.132 e. The normalized spacial score (nSPS) is 9.50. The molecule has 0 aliphatic rings. The Labute approximate surface area is 87.4 Å². The minimum Gasteiger partial charge on any atom is -0.496 e. The molecule has 0 atom stereocenters. The van der Waals surface area contributed by atoms with E-state index in [4.69, 9.17) is 4.74 Å². The van der Waals surface area contributed by atoms with Gasteiger partial charge in [-0.2, -0.15) is 0 Å². The van der Waals surface area contributed by atoms with Crippen LogP contribution in [0, 0.1) is 13.2 Å². The van der Waals surface area contributed by atoms with Crippen molar-refractivity contribution < 1.29 is 4.74 Å². The Morgan fingerprint density at radius 2 is 2.20 bits per heavy atom. The first kappa shape index (κ1) is 8.58. The first-order valence-electron chi connectivity index (χ1n) is 2.65. The van der Waals surface area contributed by atoms with Gasteiger partial charge in [-0.05, 0) is 63.4 Å². The van der Waals surface area contributed by atoms with Gasteiger partial charge in [0.05, 0.1) is 10.7 Å². The first-order valence-corrected chi connectivity index (χ1v) is 4.80. The van der Waals surface area contributed by atoms with Crippen LogP contribution < -0.4 is 4.74 Å². The average Bonchev–Trinajstić information content (AvgIpc) is 1.88. The minimum atomic E-state index is 0.890. The molecule has 0 bridgehead atoms. The number of rotatable bonds is 1. The molecule has 1 radical (unpaired) electrons. The third-order valence-corrected chi connectivity index (χ3v) is 2.52. The highest BCUT2D eigenvalue weighted by Gasteiger charge is 1.97. The molecule has 0 saturated carbocycles. The van der Waals surface area contributed by atoms with Gasteiger partial charge in [0.2, 0.25) is 0 Å². The summed E-state index contributed by atoms with van der Waals surface area (Å²) in [5, 5.41) is 0. The number of methoxy groups -OCH3 is 1. The summed E-state index contributed by atoms with van der Waals surface area (Å²) in [5.41, 5.74) is 0. The summed E-state index contributed by atoms with van der Waals surface area (Å²) in [4.78, 5) is 0. The molecule has 0 fully saturated rings. The molecule has 0 aliphatic heterocycles. The van der Waals surface area contributed by atoms with Gasteiger partial charge in [0.15, 0.2) is 0 Å². The molecule has 0 saturated heterocycles. The highest BCUT2D eigenvalue weighted by molar-refractivity contribution is 14.1. The zero-order valence-electron chi connectivity index (χ0n) is 5.32. The van der Waals surface area contributed by atoms with Crippen molar-refractivity contribution in [1.29, 1.82) is 0 Å². The van der Waals surface area contributed by atoms with Crippen molar-refractivity contribution in [3.8, 4) is 5.75 Å². The molecule has 0 unspecified atom stereocenters. The van der Waals surface area contributed by atoms with Gasteiger partial charge >= 0.3 is 0 Å². The molecule has 3 heteroatoms. The molecule has 0 N–H and O–H groups in total. The second-order valence-corrected chi connectivity index (χ2v) is 4.02. The van der Waals surface area contributed by atoms with Crippen molar-refractivity contribution in [3.63, 3.8) is 0 Å². The van der Waals surface area contributed by atoms with E-state index in [1.165, 1.54) is 0 Å². The average molecular weight is 359 g/mol. The summed E-state index contributed by atoms with van der Waals surface area (Å²) < 4.78 is 7.30. The van der Waals surface area contributed by atoms with Crippen LogP contribution in [0.15, 0.2) is 12.1 Å². The predicted molar refractivity (Wildman–Crippen MR) is 57.3 cm³/mol. The molecule has 0 amide bonds. The van der Waals surface area contributed by atoms with Gasteiger partial charge < -0.3 is 4.74 Å². The second-order valence-electron chi connectivity index (χ2n) is 1.70. The van der Waals surface area contributed by atoms with E-state index in [2.05, 4.69) is 51.2 Å². The summed E-state index contributed by atoms with van der Waals surface area (Å²) in [6, 6.07) is 6.93. The monoisotopic (exact) mass is 359 g/mol. The van der Waals surface area contributed by atoms with E-state index < -0.39 is 0 Å². The SMILES string of the molecule is COc1c[c]c(I)cc1I. The van der Waals surface area contributed by atoms with Gasteiger partial charge in [-0.25, -0.2) is 0 Å². The number of hydrogen-bond donors (Lipinski definition) is 0. The lowest BCUT2D eigenvalue weighted by Crippen LogP contribution is -1.86. The molecule has 0 aliphatic carbocycles. The maximum absolute atomic E-state index is 5.06. The molecular formula is C7H5I2O. The molecule has 0 spiro atoms. The maximum atomic E-state index is 5.06. The Bertz CT molecular complexity index is 235. The Kier molecular flexibility index (Phi) is 3.22. The molecule has 1 rings (SSSR count). The molecule has 0 aromatic heterocycles. The highest BCUT2D eigenvalue weighted by atomic mass is 127. The zero-order valence-corrected chi connectivity index (χ0v) is 9.63. The quantitative estimate of drug-likeness (QED) is 0.701. The summed E-state index contributed by atoms with van der Waals surface area (Å²) in [6.07, 6.45) is 0. The van der Waals surface area contributed by atoms with Crippen molar-refractivity contribution in [1.82, 2.24) is 0 Å².